The summed E-state index contributed by atoms with van der Waals surface area (Å²) in [5, 5.41) is 12.2. The van der Waals surface area contributed by atoms with Crippen LogP contribution in [0.4, 0.5) is 5.82 Å². The Morgan fingerprint density at radius 3 is 2.76 bits per heavy atom. The summed E-state index contributed by atoms with van der Waals surface area (Å²) in [6, 6.07) is 10.8. The molecule has 0 aliphatic rings. The van der Waals surface area contributed by atoms with Crippen LogP contribution in [0.1, 0.15) is 5.82 Å². The summed E-state index contributed by atoms with van der Waals surface area (Å²) in [4.78, 5) is 16.2. The van der Waals surface area contributed by atoms with Crippen molar-refractivity contribution < 1.29 is 9.53 Å². The Kier molecular flexibility index (Phi) is 7.68. The molecule has 0 saturated carbocycles. The number of carbonyl (C=O) groups is 1. The molecule has 2 heterocycles. The summed E-state index contributed by atoms with van der Waals surface area (Å²) in [6.45, 7) is 4.54. The summed E-state index contributed by atoms with van der Waals surface area (Å²) in [6.07, 6.45) is 3.22. The molecule has 0 atom stereocenters. The van der Waals surface area contributed by atoms with Crippen molar-refractivity contribution >= 4 is 51.0 Å². The zero-order chi connectivity index (χ0) is 20.6. The number of aromatic nitrogens is 4. The minimum Gasteiger partial charge on any atom is -0.486 e. The second-order valence-corrected chi connectivity index (χ2v) is 8.03. The molecule has 2 aromatic heterocycles. The first-order valence-electron chi connectivity index (χ1n) is 8.50. The quantitative estimate of drug-likeness (QED) is 0.346. The molecular formula is C19H17BrClN5O2S. The molecule has 3 rings (SSSR count). The van der Waals surface area contributed by atoms with Gasteiger partial charge in [0.1, 0.15) is 18.2 Å². The maximum atomic E-state index is 12.2. The van der Waals surface area contributed by atoms with Crippen molar-refractivity contribution in [2.75, 3.05) is 11.1 Å². The Morgan fingerprint density at radius 1 is 1.28 bits per heavy atom. The van der Waals surface area contributed by atoms with Crippen LogP contribution in [-0.4, -0.2) is 31.4 Å². The molecule has 0 spiro atoms. The van der Waals surface area contributed by atoms with Gasteiger partial charge in [-0.3, -0.25) is 9.36 Å². The van der Waals surface area contributed by atoms with E-state index < -0.39 is 0 Å². The van der Waals surface area contributed by atoms with Crippen LogP contribution in [0.2, 0.25) is 5.02 Å². The second kappa shape index (κ2) is 10.4. The van der Waals surface area contributed by atoms with E-state index in [-0.39, 0.29) is 18.3 Å². The molecular weight excluding hydrogens is 478 g/mol. The minimum absolute atomic E-state index is 0.160. The zero-order valence-corrected chi connectivity index (χ0v) is 18.4. The maximum absolute atomic E-state index is 12.2. The fourth-order valence-corrected chi connectivity index (χ4v) is 3.43. The summed E-state index contributed by atoms with van der Waals surface area (Å²) in [5.41, 5.74) is 0. The molecule has 0 bridgehead atoms. The van der Waals surface area contributed by atoms with Crippen LogP contribution in [0, 0.1) is 0 Å². The molecule has 0 aliphatic heterocycles. The smallest absolute Gasteiger partial charge is 0.236 e. The molecule has 150 valence electrons. The number of rotatable bonds is 9. The number of anilines is 1. The number of thioether (sulfide) groups is 1. The van der Waals surface area contributed by atoms with Gasteiger partial charge in [0.25, 0.3) is 0 Å². The standard InChI is InChI=1S/C19H17BrClN5O2S/c1-2-9-26-17(11-28-15-6-3-13(20)4-7-15)24-25-19(26)29-12-18(27)23-16-8-5-14(21)10-22-16/h2-8,10H,1,9,11-12H2,(H,22,23,27). The minimum atomic E-state index is -0.203. The summed E-state index contributed by atoms with van der Waals surface area (Å²) >= 11 is 10.5. The molecule has 29 heavy (non-hydrogen) atoms. The van der Waals surface area contributed by atoms with Crippen molar-refractivity contribution in [3.8, 4) is 5.75 Å². The van der Waals surface area contributed by atoms with Gasteiger partial charge in [-0.2, -0.15) is 0 Å². The summed E-state index contributed by atoms with van der Waals surface area (Å²) in [7, 11) is 0. The van der Waals surface area contributed by atoms with Gasteiger partial charge in [0, 0.05) is 17.2 Å². The van der Waals surface area contributed by atoms with Gasteiger partial charge < -0.3 is 10.1 Å². The highest BCUT2D eigenvalue weighted by Crippen LogP contribution is 2.20. The summed E-state index contributed by atoms with van der Waals surface area (Å²) < 4.78 is 8.62. The van der Waals surface area contributed by atoms with E-state index in [1.165, 1.54) is 18.0 Å². The van der Waals surface area contributed by atoms with Crippen molar-refractivity contribution in [1.29, 1.82) is 0 Å². The van der Waals surface area contributed by atoms with E-state index in [1.807, 2.05) is 28.8 Å². The van der Waals surface area contributed by atoms with Gasteiger partial charge >= 0.3 is 0 Å². The first-order chi connectivity index (χ1) is 14.0. The molecule has 3 aromatic rings. The van der Waals surface area contributed by atoms with Crippen molar-refractivity contribution in [3.05, 3.63) is 70.6 Å². The number of amides is 1. The summed E-state index contributed by atoms with van der Waals surface area (Å²) in [5.74, 6) is 1.77. The number of ether oxygens (including phenoxy) is 1. The zero-order valence-electron chi connectivity index (χ0n) is 15.2. The molecule has 0 unspecified atom stereocenters. The molecule has 0 aliphatic carbocycles. The molecule has 1 amide bonds. The lowest BCUT2D eigenvalue weighted by molar-refractivity contribution is -0.113. The number of pyridine rings is 1. The maximum Gasteiger partial charge on any atom is 0.236 e. The van der Waals surface area contributed by atoms with Crippen molar-refractivity contribution in [2.45, 2.75) is 18.3 Å². The van der Waals surface area contributed by atoms with Crippen LogP contribution in [0.3, 0.4) is 0 Å². The number of halogens is 2. The third-order valence-corrected chi connectivity index (χ3v) is 5.33. The molecule has 0 fully saturated rings. The van der Waals surface area contributed by atoms with Crippen LogP contribution in [0.5, 0.6) is 5.75 Å². The van der Waals surface area contributed by atoms with Gasteiger partial charge in [-0.05, 0) is 36.4 Å². The van der Waals surface area contributed by atoms with Gasteiger partial charge in [0.2, 0.25) is 5.91 Å². The first-order valence-corrected chi connectivity index (χ1v) is 10.7. The lowest BCUT2D eigenvalue weighted by Gasteiger charge is -2.09. The number of allylic oxidation sites excluding steroid dienone is 1. The van der Waals surface area contributed by atoms with Crippen LogP contribution in [-0.2, 0) is 17.9 Å². The monoisotopic (exact) mass is 493 g/mol. The normalized spacial score (nSPS) is 10.6. The number of nitrogens with zero attached hydrogens (tertiary/aromatic N) is 4. The Hall–Kier alpha value is -2.36. The largest absolute Gasteiger partial charge is 0.486 e. The molecule has 7 nitrogen and oxygen atoms in total. The van der Waals surface area contributed by atoms with Gasteiger partial charge in [-0.1, -0.05) is 45.4 Å². The van der Waals surface area contributed by atoms with Gasteiger partial charge in [-0.15, -0.1) is 16.8 Å². The Morgan fingerprint density at radius 2 is 2.07 bits per heavy atom. The SMILES string of the molecule is C=CCn1c(COc2ccc(Br)cc2)nnc1SCC(=O)Nc1ccc(Cl)cn1. The predicted molar refractivity (Wildman–Crippen MR) is 117 cm³/mol. The molecule has 10 heteroatoms. The highest BCUT2D eigenvalue weighted by atomic mass is 79.9. The molecule has 1 aromatic carbocycles. The fourth-order valence-electron chi connectivity index (χ4n) is 2.28. The lowest BCUT2D eigenvalue weighted by atomic mass is 10.3. The van der Waals surface area contributed by atoms with Gasteiger partial charge in [-0.25, -0.2) is 4.98 Å². The Labute approximate surface area is 185 Å². The van der Waals surface area contributed by atoms with Crippen LogP contribution in [0.15, 0.2) is 64.9 Å². The third kappa shape index (κ3) is 6.31. The number of nitrogens with one attached hydrogen (secondary N) is 1. The topological polar surface area (TPSA) is 81.9 Å². The molecule has 0 saturated heterocycles. The van der Waals surface area contributed by atoms with Gasteiger partial charge in [0.15, 0.2) is 11.0 Å². The highest BCUT2D eigenvalue weighted by Gasteiger charge is 2.14. The van der Waals surface area contributed by atoms with Crippen molar-refractivity contribution in [2.24, 2.45) is 0 Å². The Balaban J connectivity index is 1.59. The van der Waals surface area contributed by atoms with E-state index in [9.17, 15) is 4.79 Å². The van der Waals surface area contributed by atoms with Crippen LogP contribution < -0.4 is 10.1 Å². The lowest BCUT2D eigenvalue weighted by Crippen LogP contribution is -2.15. The number of hydrogen-bond donors (Lipinski definition) is 1. The van der Waals surface area contributed by atoms with E-state index >= 15 is 0 Å². The second-order valence-electron chi connectivity index (χ2n) is 5.74. The third-order valence-electron chi connectivity index (χ3n) is 3.61. The van der Waals surface area contributed by atoms with Crippen molar-refractivity contribution in [1.82, 2.24) is 19.7 Å². The average molecular weight is 495 g/mol. The van der Waals surface area contributed by atoms with Crippen molar-refractivity contribution in [3.63, 3.8) is 0 Å². The van der Waals surface area contributed by atoms with Gasteiger partial charge in [0.05, 0.1) is 10.8 Å². The predicted octanol–water partition coefficient (Wildman–Crippen LogP) is 4.58. The molecule has 0 radical (unpaired) electrons. The van der Waals surface area contributed by atoms with E-state index in [4.69, 9.17) is 16.3 Å². The number of benzene rings is 1. The number of carbonyl (C=O) groups excluding carboxylic acids is 1. The first kappa shape index (κ1) is 21.4. The molecule has 1 N–H and O–H groups in total. The van der Waals surface area contributed by atoms with Crippen LogP contribution >= 0.6 is 39.3 Å². The van der Waals surface area contributed by atoms with E-state index in [0.717, 1.165) is 10.2 Å². The van der Waals surface area contributed by atoms with E-state index in [2.05, 4.69) is 43.0 Å². The number of hydrogen-bond acceptors (Lipinski definition) is 6. The highest BCUT2D eigenvalue weighted by molar-refractivity contribution is 9.10. The van der Waals surface area contributed by atoms with E-state index in [1.54, 1.807) is 18.2 Å². The average Bonchev–Trinajstić information content (AvgIpc) is 3.10. The Bertz CT molecular complexity index is 979. The van der Waals surface area contributed by atoms with E-state index in [0.29, 0.717) is 28.4 Å². The fraction of sp³-hybridized carbons (Fsp3) is 0.158. The van der Waals surface area contributed by atoms with Crippen LogP contribution in [0.25, 0.3) is 0 Å².